The number of carboxylic acid groups (broad SMARTS) is 1. The Morgan fingerprint density at radius 1 is 1.47 bits per heavy atom. The maximum atomic E-state index is 12.6. The van der Waals surface area contributed by atoms with E-state index < -0.39 is 17.8 Å². The van der Waals surface area contributed by atoms with Crippen LogP contribution >= 0.6 is 0 Å². The van der Waals surface area contributed by atoms with Crippen LogP contribution in [0.1, 0.15) is 11.1 Å². The van der Waals surface area contributed by atoms with E-state index in [1.807, 2.05) is 5.32 Å². The third kappa shape index (κ3) is 2.90. The van der Waals surface area contributed by atoms with Crippen molar-refractivity contribution in [1.82, 2.24) is 0 Å². The van der Waals surface area contributed by atoms with Crippen LogP contribution < -0.4 is 11.1 Å². The average Bonchev–Trinajstić information content (AvgIpc) is 2.18. The van der Waals surface area contributed by atoms with E-state index >= 15 is 0 Å². The Hall–Kier alpha value is -2.18. The van der Waals surface area contributed by atoms with Crippen LogP contribution in [0.5, 0.6) is 0 Å². The monoisotopic (exact) mass is 246 g/mol. The van der Waals surface area contributed by atoms with Crippen molar-refractivity contribution >= 4 is 23.5 Å². The van der Waals surface area contributed by atoms with Gasteiger partial charge in [0.1, 0.15) is 0 Å². The Balaban J connectivity index is 3.34. The second-order valence-electron chi connectivity index (χ2n) is 3.16. The molecule has 0 atom stereocenters. The summed E-state index contributed by atoms with van der Waals surface area (Å²) in [5.74, 6) is 0. The summed E-state index contributed by atoms with van der Waals surface area (Å²) in [7, 11) is 0. The normalized spacial score (nSPS) is 11.0. The number of benzene rings is 1. The highest BCUT2D eigenvalue weighted by molar-refractivity contribution is 5.88. The molecule has 0 fully saturated rings. The summed E-state index contributed by atoms with van der Waals surface area (Å²) in [5, 5.41) is 10.4. The summed E-state index contributed by atoms with van der Waals surface area (Å²) in [4.78, 5) is 10.4. The third-order valence-electron chi connectivity index (χ3n) is 1.99. The zero-order chi connectivity index (χ0) is 13.2. The molecule has 1 aromatic rings. The molecule has 1 rings (SSSR count). The van der Waals surface area contributed by atoms with E-state index in [-0.39, 0.29) is 16.9 Å². The first-order valence-corrected chi connectivity index (χ1v) is 4.38. The molecule has 0 unspecified atom stereocenters. The standard InChI is InChI=1S/C10H9F3N2O2/c1-2-5-3-8(15-9(16)17)7(14)4-6(5)10(11,12)13/h2-4,15H,1,14H2,(H,16,17). The fraction of sp³-hybridized carbons (Fsp3) is 0.100. The van der Waals surface area contributed by atoms with E-state index in [0.717, 1.165) is 12.1 Å². The van der Waals surface area contributed by atoms with Gasteiger partial charge in [-0.2, -0.15) is 13.2 Å². The number of alkyl halides is 3. The highest BCUT2D eigenvalue weighted by Gasteiger charge is 2.33. The van der Waals surface area contributed by atoms with Gasteiger partial charge in [0.25, 0.3) is 0 Å². The first kappa shape index (κ1) is 12.9. The van der Waals surface area contributed by atoms with Gasteiger partial charge in [0.05, 0.1) is 16.9 Å². The minimum Gasteiger partial charge on any atom is -0.465 e. The number of amides is 1. The predicted octanol–water partition coefficient (Wildman–Crippen LogP) is 3.02. The fourth-order valence-corrected chi connectivity index (χ4v) is 1.27. The van der Waals surface area contributed by atoms with Crippen molar-refractivity contribution in [1.29, 1.82) is 0 Å². The lowest BCUT2D eigenvalue weighted by atomic mass is 10.0. The average molecular weight is 246 g/mol. The number of anilines is 2. The van der Waals surface area contributed by atoms with Gasteiger partial charge in [-0.3, -0.25) is 5.32 Å². The molecule has 0 radical (unpaired) electrons. The summed E-state index contributed by atoms with van der Waals surface area (Å²) in [6.45, 7) is 3.24. The van der Waals surface area contributed by atoms with Gasteiger partial charge in [-0.25, -0.2) is 4.79 Å². The zero-order valence-electron chi connectivity index (χ0n) is 8.51. The molecule has 0 aromatic heterocycles. The summed E-state index contributed by atoms with van der Waals surface area (Å²) in [5.41, 5.74) is 3.72. The van der Waals surface area contributed by atoms with Crippen molar-refractivity contribution in [3.8, 4) is 0 Å². The first-order valence-electron chi connectivity index (χ1n) is 4.38. The van der Waals surface area contributed by atoms with Crippen LogP contribution in [0.4, 0.5) is 29.3 Å². The van der Waals surface area contributed by atoms with Crippen LogP contribution in [0, 0.1) is 0 Å². The van der Waals surface area contributed by atoms with Gasteiger partial charge in [-0.1, -0.05) is 12.7 Å². The molecule has 92 valence electrons. The molecule has 0 spiro atoms. The number of hydrogen-bond donors (Lipinski definition) is 3. The summed E-state index contributed by atoms with van der Waals surface area (Å²) in [6, 6.07) is 1.65. The van der Waals surface area contributed by atoms with Crippen LogP contribution in [-0.4, -0.2) is 11.2 Å². The Labute approximate surface area is 94.5 Å². The fourth-order valence-electron chi connectivity index (χ4n) is 1.27. The second-order valence-corrected chi connectivity index (χ2v) is 3.16. The van der Waals surface area contributed by atoms with E-state index in [2.05, 4.69) is 6.58 Å². The second kappa shape index (κ2) is 4.36. The lowest BCUT2D eigenvalue weighted by Crippen LogP contribution is -2.13. The van der Waals surface area contributed by atoms with Crippen LogP contribution in [-0.2, 0) is 6.18 Å². The van der Waals surface area contributed by atoms with Crippen LogP contribution in [0.15, 0.2) is 18.7 Å². The minimum absolute atomic E-state index is 0.111. The van der Waals surface area contributed by atoms with E-state index in [1.165, 1.54) is 0 Å². The van der Waals surface area contributed by atoms with Crippen molar-refractivity contribution in [2.24, 2.45) is 0 Å². The molecule has 4 nitrogen and oxygen atoms in total. The molecule has 0 heterocycles. The van der Waals surface area contributed by atoms with E-state index in [1.54, 1.807) is 0 Å². The molecule has 7 heteroatoms. The van der Waals surface area contributed by atoms with Crippen molar-refractivity contribution in [2.75, 3.05) is 11.1 Å². The van der Waals surface area contributed by atoms with Gasteiger partial charge < -0.3 is 10.8 Å². The lowest BCUT2D eigenvalue weighted by molar-refractivity contribution is -0.137. The third-order valence-corrected chi connectivity index (χ3v) is 1.99. The lowest BCUT2D eigenvalue weighted by Gasteiger charge is -2.14. The Bertz CT molecular complexity index is 469. The van der Waals surface area contributed by atoms with Gasteiger partial charge in [0.15, 0.2) is 0 Å². The van der Waals surface area contributed by atoms with Crippen molar-refractivity contribution < 1.29 is 23.1 Å². The van der Waals surface area contributed by atoms with E-state index in [9.17, 15) is 18.0 Å². The van der Waals surface area contributed by atoms with Gasteiger partial charge in [-0.15, -0.1) is 0 Å². The number of nitrogen functional groups attached to an aromatic ring is 1. The number of nitrogens with two attached hydrogens (primary N) is 1. The molecule has 0 saturated carbocycles. The summed E-state index contributed by atoms with van der Waals surface area (Å²) < 4.78 is 37.7. The molecular formula is C10H9F3N2O2. The van der Waals surface area contributed by atoms with Crippen molar-refractivity contribution in [2.45, 2.75) is 6.18 Å². The highest BCUT2D eigenvalue weighted by Crippen LogP contribution is 2.36. The summed E-state index contributed by atoms with van der Waals surface area (Å²) in [6.07, 6.45) is -5.00. The number of rotatable bonds is 2. The smallest absolute Gasteiger partial charge is 0.417 e. The molecule has 0 aliphatic rings. The van der Waals surface area contributed by atoms with Gasteiger partial charge in [0, 0.05) is 0 Å². The Kier molecular flexibility index (Phi) is 3.31. The van der Waals surface area contributed by atoms with Gasteiger partial charge in [0.2, 0.25) is 0 Å². The molecule has 17 heavy (non-hydrogen) atoms. The SMILES string of the molecule is C=Cc1cc(NC(=O)O)c(N)cc1C(F)(F)F. The molecule has 1 aromatic carbocycles. The number of carbonyl (C=O) groups is 1. The number of nitrogens with one attached hydrogen (secondary N) is 1. The minimum atomic E-state index is -4.57. The quantitative estimate of drug-likeness (QED) is 0.702. The van der Waals surface area contributed by atoms with Crippen molar-refractivity contribution in [3.63, 3.8) is 0 Å². The van der Waals surface area contributed by atoms with Gasteiger partial charge in [-0.05, 0) is 17.7 Å². The summed E-state index contributed by atoms with van der Waals surface area (Å²) >= 11 is 0. The van der Waals surface area contributed by atoms with Gasteiger partial charge >= 0.3 is 12.3 Å². The highest BCUT2D eigenvalue weighted by atomic mass is 19.4. The molecule has 0 aliphatic heterocycles. The topological polar surface area (TPSA) is 75.3 Å². The number of hydrogen-bond acceptors (Lipinski definition) is 2. The van der Waals surface area contributed by atoms with E-state index in [4.69, 9.17) is 10.8 Å². The first-order chi connectivity index (χ1) is 7.75. The molecule has 1 amide bonds. The largest absolute Gasteiger partial charge is 0.465 e. The Morgan fingerprint density at radius 2 is 2.06 bits per heavy atom. The molecule has 0 aliphatic carbocycles. The van der Waals surface area contributed by atoms with Crippen LogP contribution in [0.3, 0.4) is 0 Å². The van der Waals surface area contributed by atoms with Crippen LogP contribution in [0.2, 0.25) is 0 Å². The zero-order valence-corrected chi connectivity index (χ0v) is 8.51. The van der Waals surface area contributed by atoms with Crippen LogP contribution in [0.25, 0.3) is 6.08 Å². The maximum Gasteiger partial charge on any atom is 0.417 e. The molecule has 0 bridgehead atoms. The molecule has 4 N–H and O–H groups in total. The number of halogens is 3. The maximum absolute atomic E-state index is 12.6. The molecule has 0 saturated heterocycles. The predicted molar refractivity (Wildman–Crippen MR) is 57.6 cm³/mol. The van der Waals surface area contributed by atoms with Crippen molar-refractivity contribution in [3.05, 3.63) is 29.8 Å². The molecular weight excluding hydrogens is 237 g/mol. The van der Waals surface area contributed by atoms with E-state index in [0.29, 0.717) is 6.07 Å². The Morgan fingerprint density at radius 3 is 2.47 bits per heavy atom.